The lowest BCUT2D eigenvalue weighted by molar-refractivity contribution is 0.180. The summed E-state index contributed by atoms with van der Waals surface area (Å²) in [5.41, 5.74) is 2.87. The van der Waals surface area contributed by atoms with E-state index < -0.39 is 6.10 Å². The first kappa shape index (κ1) is 21.6. The van der Waals surface area contributed by atoms with Crippen LogP contribution in [0.25, 0.3) is 11.0 Å². The van der Waals surface area contributed by atoms with Crippen molar-refractivity contribution in [1.82, 2.24) is 20.2 Å². The molecule has 0 aliphatic carbocycles. The quantitative estimate of drug-likeness (QED) is 0.393. The van der Waals surface area contributed by atoms with Crippen LogP contribution in [0, 0.1) is 0 Å². The molecule has 7 heteroatoms. The van der Waals surface area contributed by atoms with Gasteiger partial charge in [0.1, 0.15) is 18.1 Å². The van der Waals surface area contributed by atoms with Gasteiger partial charge >= 0.3 is 0 Å². The molecule has 0 amide bonds. The van der Waals surface area contributed by atoms with E-state index in [1.165, 1.54) is 0 Å². The number of nitrogens with zero attached hydrogens (tertiary/aromatic N) is 3. The van der Waals surface area contributed by atoms with Crippen LogP contribution in [0.15, 0.2) is 53.5 Å². The number of hydrogen-bond donors (Lipinski definition) is 3. The summed E-state index contributed by atoms with van der Waals surface area (Å²) in [4.78, 5) is 9.29. The molecule has 1 heterocycles. The van der Waals surface area contributed by atoms with Crippen LogP contribution in [0.3, 0.4) is 0 Å². The third-order valence-electron chi connectivity index (χ3n) is 4.70. The molecule has 0 aliphatic heterocycles. The highest BCUT2D eigenvalue weighted by Crippen LogP contribution is 2.18. The molecule has 7 nitrogen and oxygen atoms in total. The lowest BCUT2D eigenvalue weighted by Crippen LogP contribution is -2.39. The Morgan fingerprint density at radius 1 is 1.13 bits per heavy atom. The number of aryl methyl sites for hydroxylation is 1. The third kappa shape index (κ3) is 5.51. The molecule has 1 atom stereocenters. The van der Waals surface area contributed by atoms with E-state index in [1.807, 2.05) is 76.3 Å². The second-order valence-electron chi connectivity index (χ2n) is 7.40. The number of aromatic nitrogens is 2. The topological polar surface area (TPSA) is 83.7 Å². The van der Waals surface area contributed by atoms with Crippen molar-refractivity contribution in [3.8, 4) is 5.75 Å². The fraction of sp³-hybridized carbons (Fsp3) is 0.391. The molecule has 30 heavy (non-hydrogen) atoms. The Bertz CT molecular complexity index is 979. The normalized spacial score (nSPS) is 12.9. The number of guanidine groups is 1. The number of hydrogen-bond acceptors (Lipinski definition) is 4. The summed E-state index contributed by atoms with van der Waals surface area (Å²) in [6.07, 6.45) is -0.532. The predicted molar refractivity (Wildman–Crippen MR) is 121 cm³/mol. The summed E-state index contributed by atoms with van der Waals surface area (Å²) < 4.78 is 7.70. The van der Waals surface area contributed by atoms with Crippen LogP contribution >= 0.6 is 0 Å². The largest absolute Gasteiger partial charge is 0.491 e. The van der Waals surface area contributed by atoms with Gasteiger partial charge in [0, 0.05) is 20.1 Å². The molecule has 3 rings (SSSR count). The first-order valence-corrected chi connectivity index (χ1v) is 10.3. The lowest BCUT2D eigenvalue weighted by Gasteiger charge is -2.16. The minimum atomic E-state index is -0.655. The fourth-order valence-electron chi connectivity index (χ4n) is 3.18. The molecular weight excluding hydrogens is 378 g/mol. The van der Waals surface area contributed by atoms with Crippen LogP contribution in [-0.2, 0) is 13.6 Å². The maximum absolute atomic E-state index is 10.5. The Morgan fingerprint density at radius 3 is 2.53 bits per heavy atom. The maximum Gasteiger partial charge on any atom is 0.191 e. The van der Waals surface area contributed by atoms with Crippen LogP contribution in [0.1, 0.15) is 38.3 Å². The molecular formula is C23H31N5O2. The van der Waals surface area contributed by atoms with Crippen molar-refractivity contribution in [2.24, 2.45) is 12.0 Å². The summed E-state index contributed by atoms with van der Waals surface area (Å²) in [6.45, 7) is 7.50. The highest BCUT2D eigenvalue weighted by Gasteiger charge is 2.10. The van der Waals surface area contributed by atoms with Gasteiger partial charge in [0.25, 0.3) is 0 Å². The molecule has 3 aromatic rings. The zero-order valence-corrected chi connectivity index (χ0v) is 18.1. The van der Waals surface area contributed by atoms with E-state index in [1.54, 1.807) is 0 Å². The molecule has 0 bridgehead atoms. The van der Waals surface area contributed by atoms with Gasteiger partial charge < -0.3 is 25.0 Å². The molecule has 3 N–H and O–H groups in total. The van der Waals surface area contributed by atoms with Gasteiger partial charge in [-0.05, 0) is 50.6 Å². The van der Waals surface area contributed by atoms with E-state index in [4.69, 9.17) is 4.74 Å². The predicted octanol–water partition coefficient (Wildman–Crippen LogP) is 3.15. The summed E-state index contributed by atoms with van der Waals surface area (Å²) in [5.74, 6) is 2.32. The lowest BCUT2D eigenvalue weighted by atomic mass is 10.1. The highest BCUT2D eigenvalue weighted by molar-refractivity contribution is 5.80. The summed E-state index contributed by atoms with van der Waals surface area (Å²) in [5, 5.41) is 17.0. The Balaban J connectivity index is 1.62. The van der Waals surface area contributed by atoms with Gasteiger partial charge in [-0.1, -0.05) is 24.3 Å². The van der Waals surface area contributed by atoms with Crippen molar-refractivity contribution < 1.29 is 9.84 Å². The van der Waals surface area contributed by atoms with Crippen molar-refractivity contribution in [2.75, 3.05) is 13.1 Å². The molecule has 0 saturated heterocycles. The minimum Gasteiger partial charge on any atom is -0.491 e. The summed E-state index contributed by atoms with van der Waals surface area (Å²) in [6, 6.07) is 15.6. The third-order valence-corrected chi connectivity index (χ3v) is 4.70. The van der Waals surface area contributed by atoms with Crippen molar-refractivity contribution >= 4 is 17.0 Å². The zero-order valence-electron chi connectivity index (χ0n) is 18.1. The molecule has 1 aromatic heterocycles. The van der Waals surface area contributed by atoms with Gasteiger partial charge in [-0.25, -0.2) is 9.98 Å². The van der Waals surface area contributed by atoms with Gasteiger partial charge in [0.15, 0.2) is 5.96 Å². The molecule has 2 aromatic carbocycles. The SMILES string of the molecule is CCNC(=NCc1nc2ccccc2n1C)NCC(O)c1ccc(OC(C)C)cc1. The number of aliphatic hydroxyl groups excluding tert-OH is 1. The van der Waals surface area contributed by atoms with Gasteiger partial charge in [-0.2, -0.15) is 0 Å². The number of imidazole rings is 1. The van der Waals surface area contributed by atoms with Crippen molar-refractivity contribution in [3.63, 3.8) is 0 Å². The fourth-order valence-corrected chi connectivity index (χ4v) is 3.18. The number of ether oxygens (including phenoxy) is 1. The van der Waals surface area contributed by atoms with E-state index >= 15 is 0 Å². The van der Waals surface area contributed by atoms with Crippen LogP contribution < -0.4 is 15.4 Å². The molecule has 1 unspecified atom stereocenters. The van der Waals surface area contributed by atoms with Crippen LogP contribution in [0.2, 0.25) is 0 Å². The summed E-state index contributed by atoms with van der Waals surface area (Å²) in [7, 11) is 2.00. The Morgan fingerprint density at radius 2 is 1.87 bits per heavy atom. The average molecular weight is 410 g/mol. The number of nitrogens with one attached hydrogen (secondary N) is 2. The van der Waals surface area contributed by atoms with E-state index in [9.17, 15) is 5.11 Å². The monoisotopic (exact) mass is 409 g/mol. The minimum absolute atomic E-state index is 0.123. The smallest absolute Gasteiger partial charge is 0.191 e. The molecule has 0 spiro atoms. The van der Waals surface area contributed by atoms with Crippen molar-refractivity contribution in [1.29, 1.82) is 0 Å². The van der Waals surface area contributed by atoms with Gasteiger partial charge in [0.05, 0.1) is 23.2 Å². The van der Waals surface area contributed by atoms with E-state index in [2.05, 4.69) is 25.2 Å². The number of para-hydroxylation sites is 2. The van der Waals surface area contributed by atoms with Crippen LogP contribution in [0.5, 0.6) is 5.75 Å². The Hall–Kier alpha value is -3.06. The number of benzene rings is 2. The molecule has 0 radical (unpaired) electrons. The zero-order chi connectivity index (χ0) is 21.5. The summed E-state index contributed by atoms with van der Waals surface area (Å²) >= 11 is 0. The van der Waals surface area contributed by atoms with Gasteiger partial charge in [-0.15, -0.1) is 0 Å². The molecule has 0 fully saturated rings. The van der Waals surface area contributed by atoms with E-state index in [0.29, 0.717) is 19.0 Å². The maximum atomic E-state index is 10.5. The van der Waals surface area contributed by atoms with Crippen molar-refractivity contribution in [2.45, 2.75) is 39.5 Å². The Labute approximate surface area is 177 Å². The standard InChI is InChI=1S/C23H31N5O2/c1-5-24-23(26-15-22-27-19-8-6-7-9-20(19)28(22)4)25-14-21(29)17-10-12-18(13-11-17)30-16(2)3/h6-13,16,21,29H,5,14-15H2,1-4H3,(H2,24,25,26). The molecule has 160 valence electrons. The number of aliphatic imine (C=N–C) groups is 1. The van der Waals surface area contributed by atoms with Crippen LogP contribution in [0.4, 0.5) is 0 Å². The van der Waals surface area contributed by atoms with E-state index in [0.717, 1.165) is 34.7 Å². The second-order valence-corrected chi connectivity index (χ2v) is 7.40. The first-order chi connectivity index (χ1) is 14.5. The second kappa shape index (κ2) is 10.1. The molecule has 0 aliphatic rings. The van der Waals surface area contributed by atoms with Gasteiger partial charge in [-0.3, -0.25) is 0 Å². The van der Waals surface area contributed by atoms with Crippen molar-refractivity contribution in [3.05, 3.63) is 59.9 Å². The molecule has 0 saturated carbocycles. The van der Waals surface area contributed by atoms with E-state index in [-0.39, 0.29) is 6.10 Å². The van der Waals surface area contributed by atoms with Crippen LogP contribution in [-0.4, -0.2) is 39.8 Å². The number of aliphatic hydroxyl groups is 1. The van der Waals surface area contributed by atoms with Gasteiger partial charge in [0.2, 0.25) is 0 Å². The number of rotatable bonds is 8. The average Bonchev–Trinajstić information content (AvgIpc) is 3.06. The Kier molecular flexibility index (Phi) is 7.30. The number of fused-ring (bicyclic) bond motifs is 1. The highest BCUT2D eigenvalue weighted by atomic mass is 16.5. The first-order valence-electron chi connectivity index (χ1n) is 10.3.